The van der Waals surface area contributed by atoms with E-state index in [-0.39, 0.29) is 0 Å². The normalized spacial score (nSPS) is 23.9. The molecule has 0 aromatic rings. The second-order valence-corrected chi connectivity index (χ2v) is 30.4. The first-order chi connectivity index (χ1) is 26.6. The lowest BCUT2D eigenvalue weighted by molar-refractivity contribution is 0.0996. The number of hydrogen-bond donors (Lipinski definition) is 12. The van der Waals surface area contributed by atoms with Crippen molar-refractivity contribution in [3.8, 4) is 0 Å². The van der Waals surface area contributed by atoms with Crippen molar-refractivity contribution >= 4 is 60.8 Å². The largest absolute Gasteiger partial charge is 0.357 e. The Morgan fingerprint density at radius 3 is 0.500 bits per heavy atom. The lowest BCUT2D eigenvalue weighted by atomic mass is 10.3. The fourth-order valence-corrected chi connectivity index (χ4v) is 21.0. The van der Waals surface area contributed by atoms with Crippen LogP contribution in [0, 0.1) is 0 Å². The third-order valence-corrected chi connectivity index (χ3v) is 25.2. The lowest BCUT2D eigenvalue weighted by Gasteiger charge is -2.43. The maximum absolute atomic E-state index is 13.6. The minimum atomic E-state index is -5.91. The average molecular weight is 1040 g/mol. The van der Waals surface area contributed by atoms with Gasteiger partial charge in [-0.3, -0.25) is 56.1 Å². The van der Waals surface area contributed by atoms with Crippen LogP contribution in [0.15, 0.2) is 0 Å². The SMILES string of the molecule is CC(C)OP(=O)(O)C(N1CCN(C(P(=O)(O)O)P(=O)(O)OC(C)C)CCN(C(P(=O)(O)O)P(=O)(O)OC(C)C)CCN(C(P(=O)(O)O)P(=O)(O)OC(C)C)CC1)P(=O)(O)O. The van der Waals surface area contributed by atoms with Crippen molar-refractivity contribution in [1.82, 2.24) is 19.6 Å². The summed E-state index contributed by atoms with van der Waals surface area (Å²) in [6, 6.07) is 0. The molecular formula is C24H60N4O24P8. The van der Waals surface area contributed by atoms with Crippen molar-refractivity contribution in [2.45, 2.75) is 102 Å². The van der Waals surface area contributed by atoms with E-state index in [9.17, 15) is 95.2 Å². The van der Waals surface area contributed by atoms with E-state index in [2.05, 4.69) is 0 Å². The molecule has 60 heavy (non-hydrogen) atoms. The van der Waals surface area contributed by atoms with Gasteiger partial charge in [0.25, 0.3) is 0 Å². The van der Waals surface area contributed by atoms with Gasteiger partial charge in [0.2, 0.25) is 22.1 Å². The van der Waals surface area contributed by atoms with Gasteiger partial charge in [-0.15, -0.1) is 0 Å². The second kappa shape index (κ2) is 22.2. The molecule has 1 saturated heterocycles. The molecule has 1 rings (SSSR count). The van der Waals surface area contributed by atoms with Crippen molar-refractivity contribution < 1.29 is 113 Å². The van der Waals surface area contributed by atoms with E-state index >= 15 is 0 Å². The van der Waals surface area contributed by atoms with Crippen LogP contribution in [0.5, 0.6) is 0 Å². The Hall–Kier alpha value is 1.04. The van der Waals surface area contributed by atoms with Crippen molar-refractivity contribution in [2.24, 2.45) is 0 Å². The van der Waals surface area contributed by atoms with E-state index < -0.39 is 160 Å². The minimum Gasteiger partial charge on any atom is -0.323 e. The number of hydrogen-bond acceptors (Lipinski definition) is 16. The highest BCUT2D eigenvalue weighted by Gasteiger charge is 2.56. The van der Waals surface area contributed by atoms with Crippen molar-refractivity contribution in [1.29, 1.82) is 0 Å². The van der Waals surface area contributed by atoms with Crippen LogP contribution in [-0.2, 0) is 54.6 Å². The Kier molecular flexibility index (Phi) is 21.9. The van der Waals surface area contributed by atoms with Gasteiger partial charge in [-0.2, -0.15) is 0 Å². The smallest absolute Gasteiger partial charge is 0.323 e. The fourth-order valence-electron chi connectivity index (χ4n) is 6.26. The van der Waals surface area contributed by atoms with Crippen molar-refractivity contribution in [3.63, 3.8) is 0 Å². The van der Waals surface area contributed by atoms with Crippen LogP contribution in [0.25, 0.3) is 0 Å². The molecule has 0 bridgehead atoms. The van der Waals surface area contributed by atoms with Gasteiger partial charge in [-0.05, 0) is 55.4 Å². The van der Waals surface area contributed by atoms with E-state index in [0.29, 0.717) is 19.6 Å². The lowest BCUT2D eigenvalue weighted by Crippen LogP contribution is -2.53. The predicted molar refractivity (Wildman–Crippen MR) is 214 cm³/mol. The van der Waals surface area contributed by atoms with Crippen LogP contribution in [0.3, 0.4) is 0 Å². The highest BCUT2D eigenvalue weighted by molar-refractivity contribution is 7.72. The maximum atomic E-state index is 13.6. The molecule has 0 spiro atoms. The summed E-state index contributed by atoms with van der Waals surface area (Å²) in [6.45, 7) is 1.18. The molecule has 1 fully saturated rings. The standard InChI is InChI=1S/C24H60N4O24P8/c1-17(2)49-57(41,42)21(53(29,30)31)25-9-11-26(22(54(32,33)34)58(43,44)50-18(3)4)13-15-28(24(56(38,39)40)60(47,48)52-20(7)8)16-14-27(12-10-25)23(55(35,36)37)59(45,46)51-19(5)6/h17-24H,9-16H2,1-8H3,(H,41,42)(H,43,44)(H,45,46)(H,47,48)(H2,29,30,31)(H2,32,33,34)(H2,35,36,37)(H2,38,39,40). The molecule has 0 aromatic carbocycles. The van der Waals surface area contributed by atoms with Gasteiger partial charge in [0, 0.05) is 52.4 Å². The number of rotatable bonds is 20. The van der Waals surface area contributed by atoms with E-state index in [1.165, 1.54) is 55.4 Å². The number of nitrogens with zero attached hydrogens (tertiary/aromatic N) is 4. The van der Waals surface area contributed by atoms with Gasteiger partial charge in [0.15, 0.2) is 0 Å². The van der Waals surface area contributed by atoms with E-state index in [4.69, 9.17) is 18.1 Å². The summed E-state index contributed by atoms with van der Waals surface area (Å²) < 4.78 is 127. The summed E-state index contributed by atoms with van der Waals surface area (Å²) in [5.74, 6) is 0. The summed E-state index contributed by atoms with van der Waals surface area (Å²) in [5.41, 5.74) is -11.5. The van der Waals surface area contributed by atoms with Gasteiger partial charge in [-0.25, -0.2) is 0 Å². The average Bonchev–Trinajstić information content (AvgIpc) is 2.91. The van der Waals surface area contributed by atoms with Gasteiger partial charge < -0.3 is 76.8 Å². The molecule has 0 aromatic heterocycles. The third kappa shape index (κ3) is 18.0. The Morgan fingerprint density at radius 2 is 0.417 bits per heavy atom. The van der Waals surface area contributed by atoms with Crippen LogP contribution in [0.2, 0.25) is 0 Å². The van der Waals surface area contributed by atoms with Crippen LogP contribution < -0.4 is 0 Å². The Labute approximate surface area is 347 Å². The maximum Gasteiger partial charge on any atom is 0.357 e. The minimum absolute atomic E-state index is 0.477. The molecule has 0 radical (unpaired) electrons. The molecule has 28 nitrogen and oxygen atoms in total. The van der Waals surface area contributed by atoms with E-state index in [1.54, 1.807) is 0 Å². The molecule has 0 aliphatic carbocycles. The van der Waals surface area contributed by atoms with Gasteiger partial charge >= 0.3 is 60.8 Å². The zero-order valence-corrected chi connectivity index (χ0v) is 41.1. The first kappa shape index (κ1) is 59.1. The predicted octanol–water partition coefficient (Wildman–Crippen LogP) is 1.49. The van der Waals surface area contributed by atoms with Crippen LogP contribution in [0.4, 0.5) is 0 Å². The first-order valence-corrected chi connectivity index (χ1v) is 31.1. The molecule has 0 saturated carbocycles. The summed E-state index contributed by atoms with van der Waals surface area (Å²) in [4.78, 5) is 130. The topological polar surface area (TPSA) is 429 Å². The highest BCUT2D eigenvalue weighted by Crippen LogP contribution is 2.68. The molecule has 8 atom stereocenters. The van der Waals surface area contributed by atoms with Gasteiger partial charge in [-0.1, -0.05) is 0 Å². The molecule has 36 heteroatoms. The molecule has 1 aliphatic rings. The van der Waals surface area contributed by atoms with Crippen molar-refractivity contribution in [3.05, 3.63) is 0 Å². The van der Waals surface area contributed by atoms with Crippen molar-refractivity contribution in [2.75, 3.05) is 52.4 Å². The Balaban J connectivity index is 4.45. The fraction of sp³-hybridized carbons (Fsp3) is 1.00. The second-order valence-electron chi connectivity index (χ2n) is 14.8. The summed E-state index contributed by atoms with van der Waals surface area (Å²) >= 11 is 0. The van der Waals surface area contributed by atoms with Crippen LogP contribution in [0.1, 0.15) is 55.4 Å². The van der Waals surface area contributed by atoms with E-state index in [0.717, 1.165) is 0 Å². The molecule has 1 aliphatic heterocycles. The third-order valence-electron chi connectivity index (χ3n) is 7.82. The molecule has 0 amide bonds. The zero-order valence-electron chi connectivity index (χ0n) is 33.9. The zero-order chi connectivity index (χ0) is 47.4. The molecule has 8 unspecified atom stereocenters. The quantitative estimate of drug-likeness (QED) is 0.0769. The molecule has 12 N–H and O–H groups in total. The Morgan fingerprint density at radius 1 is 0.300 bits per heavy atom. The summed E-state index contributed by atoms with van der Waals surface area (Å²) in [7, 11) is -45.9. The first-order valence-electron chi connectivity index (χ1n) is 17.8. The highest BCUT2D eigenvalue weighted by atomic mass is 31.3. The van der Waals surface area contributed by atoms with Crippen LogP contribution in [-0.4, -0.2) is 177 Å². The molecule has 360 valence electrons. The van der Waals surface area contributed by atoms with E-state index in [1.807, 2.05) is 0 Å². The van der Waals surface area contributed by atoms with Gasteiger partial charge in [0.1, 0.15) is 0 Å². The Bertz CT molecular complexity index is 1540. The van der Waals surface area contributed by atoms with Gasteiger partial charge in [0.05, 0.1) is 24.4 Å². The monoisotopic (exact) mass is 1040 g/mol. The molecular weight excluding hydrogens is 976 g/mol. The molecule has 1 heterocycles. The van der Waals surface area contributed by atoms with Crippen LogP contribution >= 0.6 is 60.8 Å². The summed E-state index contributed by atoms with van der Waals surface area (Å²) in [6.07, 6.45) is -4.76. The summed E-state index contributed by atoms with van der Waals surface area (Å²) in [5, 5.41) is 0.